The number of hydrogen-bond donors (Lipinski definition) is 1. The maximum absolute atomic E-state index is 12.5. The van der Waals surface area contributed by atoms with Crippen molar-refractivity contribution in [2.24, 2.45) is 0 Å². The molecule has 3 rings (SSSR count). The Labute approximate surface area is 126 Å². The predicted molar refractivity (Wildman–Crippen MR) is 83.7 cm³/mol. The Bertz CT molecular complexity index is 604. The number of sulfonamides is 1. The Morgan fingerprint density at radius 2 is 1.90 bits per heavy atom. The van der Waals surface area contributed by atoms with E-state index in [1.54, 1.807) is 12.1 Å². The Balaban J connectivity index is 1.63. The number of nitrogens with one attached hydrogen (secondary N) is 1. The standard InChI is InChI=1S/C16H22N2O2S/c19-21(20,18-12-2-1-3-13-18)16-8-4-14(5-9-16)10-11-17-15-6-7-15/h1-2,4-5,8-9,15,17H,3,6-7,10-13H2. The summed E-state index contributed by atoms with van der Waals surface area (Å²) in [5, 5.41) is 3.47. The lowest BCUT2D eigenvalue weighted by atomic mass is 10.1. The Kier molecular flexibility index (Phi) is 4.42. The normalized spacial score (nSPS) is 19.8. The number of nitrogens with zero attached hydrogens (tertiary/aromatic N) is 1. The monoisotopic (exact) mass is 306 g/mol. The first kappa shape index (κ1) is 14.8. The molecule has 0 saturated heterocycles. The van der Waals surface area contributed by atoms with Crippen LogP contribution in [-0.4, -0.2) is 38.4 Å². The molecule has 1 saturated carbocycles. The predicted octanol–water partition coefficient (Wildman–Crippen LogP) is 1.93. The van der Waals surface area contributed by atoms with Crippen LogP contribution < -0.4 is 5.32 Å². The number of rotatable bonds is 6. The average Bonchev–Trinajstić information content (AvgIpc) is 3.33. The molecule has 21 heavy (non-hydrogen) atoms. The SMILES string of the molecule is O=S(=O)(c1ccc(CCNC2CC2)cc1)N1CC=CCC1. The molecule has 0 spiro atoms. The van der Waals surface area contributed by atoms with Gasteiger partial charge < -0.3 is 5.32 Å². The van der Waals surface area contributed by atoms with E-state index in [0.29, 0.717) is 18.0 Å². The van der Waals surface area contributed by atoms with Crippen LogP contribution in [0.2, 0.25) is 0 Å². The topological polar surface area (TPSA) is 49.4 Å². The van der Waals surface area contributed by atoms with Crippen LogP contribution in [-0.2, 0) is 16.4 Å². The van der Waals surface area contributed by atoms with Crippen molar-refractivity contribution in [3.05, 3.63) is 42.0 Å². The lowest BCUT2D eigenvalue weighted by molar-refractivity contribution is 0.437. The van der Waals surface area contributed by atoms with Crippen molar-refractivity contribution in [2.75, 3.05) is 19.6 Å². The molecule has 1 heterocycles. The molecular weight excluding hydrogens is 284 g/mol. The van der Waals surface area contributed by atoms with Gasteiger partial charge in [0.25, 0.3) is 0 Å². The van der Waals surface area contributed by atoms with Gasteiger partial charge in [0.05, 0.1) is 4.90 Å². The van der Waals surface area contributed by atoms with Gasteiger partial charge in [-0.2, -0.15) is 4.31 Å². The quantitative estimate of drug-likeness (QED) is 0.817. The van der Waals surface area contributed by atoms with Crippen LogP contribution >= 0.6 is 0 Å². The van der Waals surface area contributed by atoms with Gasteiger partial charge >= 0.3 is 0 Å². The molecule has 1 aliphatic carbocycles. The van der Waals surface area contributed by atoms with Crippen molar-refractivity contribution >= 4 is 10.0 Å². The highest BCUT2D eigenvalue weighted by molar-refractivity contribution is 7.89. The van der Waals surface area contributed by atoms with Gasteiger partial charge in [0.15, 0.2) is 0 Å². The van der Waals surface area contributed by atoms with E-state index >= 15 is 0 Å². The van der Waals surface area contributed by atoms with Crippen molar-refractivity contribution in [3.8, 4) is 0 Å². The Hall–Kier alpha value is -1.17. The number of benzene rings is 1. The van der Waals surface area contributed by atoms with E-state index in [0.717, 1.165) is 25.4 Å². The first-order chi connectivity index (χ1) is 10.2. The minimum Gasteiger partial charge on any atom is -0.314 e. The molecule has 1 fully saturated rings. The van der Waals surface area contributed by atoms with Crippen LogP contribution in [0.25, 0.3) is 0 Å². The van der Waals surface area contributed by atoms with Gasteiger partial charge in [-0.25, -0.2) is 8.42 Å². The summed E-state index contributed by atoms with van der Waals surface area (Å²) in [6, 6.07) is 8.06. The second-order valence-corrected chi connectivity index (χ2v) is 7.68. The highest BCUT2D eigenvalue weighted by atomic mass is 32.2. The summed E-state index contributed by atoms with van der Waals surface area (Å²) in [4.78, 5) is 0.400. The van der Waals surface area contributed by atoms with Crippen LogP contribution in [0.15, 0.2) is 41.3 Å². The van der Waals surface area contributed by atoms with Crippen molar-refractivity contribution < 1.29 is 8.42 Å². The van der Waals surface area contributed by atoms with Crippen molar-refractivity contribution in [1.82, 2.24) is 9.62 Å². The molecule has 0 amide bonds. The molecule has 5 heteroatoms. The molecule has 1 aliphatic heterocycles. The molecule has 0 unspecified atom stereocenters. The zero-order valence-corrected chi connectivity index (χ0v) is 13.0. The van der Waals surface area contributed by atoms with Crippen molar-refractivity contribution in [3.63, 3.8) is 0 Å². The van der Waals surface area contributed by atoms with E-state index in [4.69, 9.17) is 0 Å². The molecule has 0 radical (unpaired) electrons. The van der Waals surface area contributed by atoms with Gasteiger partial charge in [-0.05, 0) is 49.9 Å². The fraction of sp³-hybridized carbons (Fsp3) is 0.500. The first-order valence-electron chi connectivity index (χ1n) is 7.64. The molecule has 1 N–H and O–H groups in total. The van der Waals surface area contributed by atoms with Crippen LogP contribution in [0.5, 0.6) is 0 Å². The third kappa shape index (κ3) is 3.73. The smallest absolute Gasteiger partial charge is 0.243 e. The highest BCUT2D eigenvalue weighted by Crippen LogP contribution is 2.20. The summed E-state index contributed by atoms with van der Waals surface area (Å²) in [6.07, 6.45) is 8.28. The molecule has 0 atom stereocenters. The summed E-state index contributed by atoms with van der Waals surface area (Å²) >= 11 is 0. The zero-order chi connectivity index (χ0) is 14.7. The highest BCUT2D eigenvalue weighted by Gasteiger charge is 2.24. The summed E-state index contributed by atoms with van der Waals surface area (Å²) in [6.45, 7) is 2.02. The van der Waals surface area contributed by atoms with Crippen molar-refractivity contribution in [1.29, 1.82) is 0 Å². The third-order valence-corrected chi connectivity index (χ3v) is 5.89. The average molecular weight is 306 g/mol. The summed E-state index contributed by atoms with van der Waals surface area (Å²) in [5.74, 6) is 0. The van der Waals surface area contributed by atoms with Gasteiger partial charge in [-0.1, -0.05) is 24.3 Å². The van der Waals surface area contributed by atoms with E-state index in [-0.39, 0.29) is 0 Å². The number of hydrogen-bond acceptors (Lipinski definition) is 3. The lowest BCUT2D eigenvalue weighted by Gasteiger charge is -2.22. The molecule has 0 aromatic heterocycles. The minimum absolute atomic E-state index is 0.400. The Morgan fingerprint density at radius 3 is 2.52 bits per heavy atom. The maximum atomic E-state index is 12.5. The van der Waals surface area contributed by atoms with E-state index in [2.05, 4.69) is 5.32 Å². The van der Waals surface area contributed by atoms with Crippen LogP contribution in [0.1, 0.15) is 24.8 Å². The minimum atomic E-state index is -3.34. The van der Waals surface area contributed by atoms with Gasteiger partial charge in [0.2, 0.25) is 10.0 Å². The molecular formula is C16H22N2O2S. The Morgan fingerprint density at radius 1 is 1.14 bits per heavy atom. The molecule has 114 valence electrons. The largest absolute Gasteiger partial charge is 0.314 e. The summed E-state index contributed by atoms with van der Waals surface area (Å²) < 4.78 is 26.5. The van der Waals surface area contributed by atoms with Gasteiger partial charge in [-0.3, -0.25) is 0 Å². The van der Waals surface area contributed by atoms with Crippen LogP contribution in [0, 0.1) is 0 Å². The second-order valence-electron chi connectivity index (χ2n) is 5.75. The van der Waals surface area contributed by atoms with E-state index < -0.39 is 10.0 Å². The fourth-order valence-corrected chi connectivity index (χ4v) is 3.93. The molecule has 1 aromatic rings. The summed E-state index contributed by atoms with van der Waals surface area (Å²) in [7, 11) is -3.34. The van der Waals surface area contributed by atoms with E-state index in [9.17, 15) is 8.42 Å². The first-order valence-corrected chi connectivity index (χ1v) is 9.08. The van der Waals surface area contributed by atoms with Crippen LogP contribution in [0.3, 0.4) is 0 Å². The van der Waals surface area contributed by atoms with E-state index in [1.807, 2.05) is 24.3 Å². The van der Waals surface area contributed by atoms with Gasteiger partial charge in [0.1, 0.15) is 0 Å². The van der Waals surface area contributed by atoms with Gasteiger partial charge in [0, 0.05) is 19.1 Å². The molecule has 4 nitrogen and oxygen atoms in total. The second kappa shape index (κ2) is 6.30. The summed E-state index contributed by atoms with van der Waals surface area (Å²) in [5.41, 5.74) is 1.18. The zero-order valence-electron chi connectivity index (χ0n) is 12.2. The van der Waals surface area contributed by atoms with Gasteiger partial charge in [-0.15, -0.1) is 0 Å². The molecule has 0 bridgehead atoms. The fourth-order valence-electron chi connectivity index (χ4n) is 2.52. The molecule has 1 aromatic carbocycles. The molecule has 2 aliphatic rings. The van der Waals surface area contributed by atoms with Crippen molar-refractivity contribution in [2.45, 2.75) is 36.6 Å². The third-order valence-electron chi connectivity index (χ3n) is 4.01. The van der Waals surface area contributed by atoms with E-state index in [1.165, 1.54) is 22.7 Å². The maximum Gasteiger partial charge on any atom is 0.243 e. The lowest BCUT2D eigenvalue weighted by Crippen LogP contribution is -2.33. The van der Waals surface area contributed by atoms with Crippen LogP contribution in [0.4, 0.5) is 0 Å².